The molecule has 0 saturated carbocycles. The number of benzene rings is 1. The normalized spacial score (nSPS) is 14.5. The van der Waals surface area contributed by atoms with Crippen LogP contribution in [0.3, 0.4) is 0 Å². The highest BCUT2D eigenvalue weighted by molar-refractivity contribution is 5.26. The van der Waals surface area contributed by atoms with Crippen molar-refractivity contribution in [3.8, 4) is 0 Å². The second-order valence-corrected chi connectivity index (χ2v) is 4.48. The van der Waals surface area contributed by atoms with Gasteiger partial charge < -0.3 is 10.1 Å². The van der Waals surface area contributed by atoms with Crippen molar-refractivity contribution in [3.63, 3.8) is 0 Å². The summed E-state index contributed by atoms with van der Waals surface area (Å²) < 4.78 is 5.72. The number of likely N-dealkylation sites (N-methyl/N-ethyl adjacent to an activating group) is 1. The van der Waals surface area contributed by atoms with Gasteiger partial charge in [-0.15, -0.1) is 0 Å². The Labute approximate surface area is 106 Å². The molecule has 0 amide bonds. The minimum atomic E-state index is -0.330. The van der Waals surface area contributed by atoms with Crippen LogP contribution in [0.5, 0.6) is 0 Å². The first-order chi connectivity index (χ1) is 7.98. The van der Waals surface area contributed by atoms with Crippen LogP contribution in [0.2, 0.25) is 0 Å². The quantitative estimate of drug-likeness (QED) is 0.864. The van der Waals surface area contributed by atoms with Crippen molar-refractivity contribution in [3.05, 3.63) is 35.9 Å². The second kappa shape index (κ2) is 6.77. The summed E-state index contributed by atoms with van der Waals surface area (Å²) in [5, 5.41) is 3.31. The van der Waals surface area contributed by atoms with E-state index in [9.17, 15) is 0 Å². The molecule has 1 N–H and O–H groups in total. The van der Waals surface area contributed by atoms with Crippen LogP contribution in [-0.4, -0.2) is 19.7 Å². The van der Waals surface area contributed by atoms with E-state index in [0.29, 0.717) is 0 Å². The summed E-state index contributed by atoms with van der Waals surface area (Å²) in [5.74, 6) is 0. The van der Waals surface area contributed by atoms with E-state index in [1.54, 1.807) is 7.11 Å². The molecule has 0 radical (unpaired) electrons. The van der Waals surface area contributed by atoms with Crippen molar-refractivity contribution < 1.29 is 4.74 Å². The number of ether oxygens (including phenoxy) is 1. The van der Waals surface area contributed by atoms with Crippen LogP contribution in [-0.2, 0) is 10.3 Å². The van der Waals surface area contributed by atoms with Crippen molar-refractivity contribution in [2.24, 2.45) is 0 Å². The molecule has 17 heavy (non-hydrogen) atoms. The largest absolute Gasteiger partial charge is 0.372 e. The van der Waals surface area contributed by atoms with Gasteiger partial charge in [0.2, 0.25) is 0 Å². The molecule has 2 heteroatoms. The van der Waals surface area contributed by atoms with E-state index in [2.05, 4.69) is 38.2 Å². The van der Waals surface area contributed by atoms with Gasteiger partial charge in [-0.25, -0.2) is 0 Å². The molecule has 0 aliphatic carbocycles. The third kappa shape index (κ3) is 3.30. The van der Waals surface area contributed by atoms with E-state index >= 15 is 0 Å². The van der Waals surface area contributed by atoms with E-state index in [4.69, 9.17) is 4.74 Å². The van der Waals surface area contributed by atoms with Crippen molar-refractivity contribution in [1.82, 2.24) is 5.32 Å². The Morgan fingerprint density at radius 1 is 1.00 bits per heavy atom. The molecule has 0 saturated heterocycles. The summed E-state index contributed by atoms with van der Waals surface area (Å²) in [6.07, 6.45) is 0. The molecule has 0 aliphatic rings. The SMILES string of the molecule is CC.CNC(C)(C)C(C)(OC)c1ccccc1. The zero-order valence-electron chi connectivity index (χ0n) is 12.3. The third-order valence-electron chi connectivity index (χ3n) is 3.55. The van der Waals surface area contributed by atoms with Gasteiger partial charge in [-0.1, -0.05) is 44.2 Å². The van der Waals surface area contributed by atoms with Crippen molar-refractivity contribution in [1.29, 1.82) is 0 Å². The Morgan fingerprint density at radius 3 is 1.82 bits per heavy atom. The molecule has 0 bridgehead atoms. The average molecular weight is 237 g/mol. The molecule has 1 aromatic carbocycles. The number of methoxy groups -OCH3 is 1. The van der Waals surface area contributed by atoms with Crippen molar-refractivity contribution in [2.45, 2.75) is 45.8 Å². The Morgan fingerprint density at radius 2 is 1.47 bits per heavy atom. The van der Waals surface area contributed by atoms with Crippen molar-refractivity contribution in [2.75, 3.05) is 14.2 Å². The molecule has 1 aromatic rings. The lowest BCUT2D eigenvalue weighted by atomic mass is 9.78. The molecule has 0 fully saturated rings. The zero-order chi connectivity index (χ0) is 13.5. The van der Waals surface area contributed by atoms with Gasteiger partial charge in [0.15, 0.2) is 0 Å². The Bertz CT molecular complexity index is 308. The first-order valence-electron chi connectivity index (χ1n) is 6.27. The standard InChI is InChI=1S/C13H21NO.C2H6/c1-12(2,14-4)13(3,15-5)11-9-7-6-8-10-11;1-2/h6-10,14H,1-5H3;1-2H3. The average Bonchev–Trinajstić information content (AvgIpc) is 2.40. The first-order valence-corrected chi connectivity index (χ1v) is 6.27. The molecular weight excluding hydrogens is 210 g/mol. The summed E-state index contributed by atoms with van der Waals surface area (Å²) >= 11 is 0. The highest BCUT2D eigenvalue weighted by Crippen LogP contribution is 2.35. The minimum Gasteiger partial charge on any atom is -0.372 e. The fourth-order valence-electron chi connectivity index (χ4n) is 1.73. The molecule has 98 valence electrons. The molecule has 0 spiro atoms. The molecular formula is C15H27NO. The van der Waals surface area contributed by atoms with E-state index in [-0.39, 0.29) is 11.1 Å². The summed E-state index contributed by atoms with van der Waals surface area (Å²) in [4.78, 5) is 0. The molecule has 0 aliphatic heterocycles. The van der Waals surface area contributed by atoms with Crippen LogP contribution < -0.4 is 5.32 Å². The van der Waals surface area contributed by atoms with Gasteiger partial charge >= 0.3 is 0 Å². The first kappa shape index (κ1) is 16.1. The van der Waals surface area contributed by atoms with Gasteiger partial charge in [0.05, 0.1) is 0 Å². The predicted octanol–water partition coefficient (Wildman–Crippen LogP) is 3.57. The highest BCUT2D eigenvalue weighted by atomic mass is 16.5. The number of nitrogens with one attached hydrogen (secondary N) is 1. The van der Waals surface area contributed by atoms with Gasteiger partial charge in [-0.05, 0) is 33.4 Å². The van der Waals surface area contributed by atoms with Crippen LogP contribution in [0.1, 0.15) is 40.2 Å². The topological polar surface area (TPSA) is 21.3 Å². The van der Waals surface area contributed by atoms with Crippen LogP contribution >= 0.6 is 0 Å². The van der Waals surface area contributed by atoms with Crippen molar-refractivity contribution >= 4 is 0 Å². The summed E-state index contributed by atoms with van der Waals surface area (Å²) in [7, 11) is 3.71. The summed E-state index contributed by atoms with van der Waals surface area (Å²) in [5.41, 5.74) is 0.735. The lowest BCUT2D eigenvalue weighted by Gasteiger charge is -2.43. The predicted molar refractivity (Wildman–Crippen MR) is 75.3 cm³/mol. The van der Waals surface area contributed by atoms with E-state index in [1.807, 2.05) is 39.1 Å². The van der Waals surface area contributed by atoms with Gasteiger partial charge in [0, 0.05) is 12.6 Å². The number of hydrogen-bond acceptors (Lipinski definition) is 2. The van der Waals surface area contributed by atoms with Crippen LogP contribution in [0.25, 0.3) is 0 Å². The maximum absolute atomic E-state index is 5.72. The van der Waals surface area contributed by atoms with Gasteiger partial charge in [-0.3, -0.25) is 0 Å². The monoisotopic (exact) mass is 237 g/mol. The van der Waals surface area contributed by atoms with Crippen LogP contribution in [0.4, 0.5) is 0 Å². The molecule has 2 nitrogen and oxygen atoms in total. The lowest BCUT2D eigenvalue weighted by Crippen LogP contribution is -2.55. The number of rotatable bonds is 4. The fraction of sp³-hybridized carbons (Fsp3) is 0.600. The van der Waals surface area contributed by atoms with E-state index in [1.165, 1.54) is 5.56 Å². The Balaban J connectivity index is 0.00000121. The zero-order valence-corrected chi connectivity index (χ0v) is 12.3. The molecule has 0 heterocycles. The third-order valence-corrected chi connectivity index (χ3v) is 3.55. The molecule has 1 atom stereocenters. The molecule has 1 rings (SSSR count). The van der Waals surface area contributed by atoms with Gasteiger partial charge in [0.1, 0.15) is 5.60 Å². The van der Waals surface area contributed by atoms with Gasteiger partial charge in [-0.2, -0.15) is 0 Å². The molecule has 0 aromatic heterocycles. The summed E-state index contributed by atoms with van der Waals surface area (Å²) in [6.45, 7) is 10.4. The highest BCUT2D eigenvalue weighted by Gasteiger charge is 2.41. The van der Waals surface area contributed by atoms with E-state index < -0.39 is 0 Å². The Kier molecular flexibility index (Phi) is 6.43. The maximum atomic E-state index is 5.72. The lowest BCUT2D eigenvalue weighted by molar-refractivity contribution is -0.0628. The molecule has 1 unspecified atom stereocenters. The maximum Gasteiger partial charge on any atom is 0.107 e. The minimum absolute atomic E-state index is 0.122. The second-order valence-electron chi connectivity index (χ2n) is 4.48. The van der Waals surface area contributed by atoms with Gasteiger partial charge in [0.25, 0.3) is 0 Å². The van der Waals surface area contributed by atoms with Crippen LogP contribution in [0, 0.1) is 0 Å². The fourth-order valence-corrected chi connectivity index (χ4v) is 1.73. The van der Waals surface area contributed by atoms with Crippen LogP contribution in [0.15, 0.2) is 30.3 Å². The smallest absolute Gasteiger partial charge is 0.107 e. The Hall–Kier alpha value is -0.860. The number of hydrogen-bond donors (Lipinski definition) is 1. The summed E-state index contributed by atoms with van der Waals surface area (Å²) in [6, 6.07) is 10.3. The van der Waals surface area contributed by atoms with E-state index in [0.717, 1.165) is 0 Å².